The number of hydrogen-bond donors (Lipinski definition) is 3. The van der Waals surface area contributed by atoms with E-state index in [1.165, 1.54) is 30.6 Å². The average molecular weight is 1410 g/mol. The highest BCUT2D eigenvalue weighted by molar-refractivity contribution is 6.04. The minimum Gasteiger partial charge on any atom is -0.338 e. The van der Waals surface area contributed by atoms with E-state index in [9.17, 15) is 17.6 Å². The molecule has 6 aromatic heterocycles. The normalized spacial score (nSPS) is 12.1. The highest BCUT2D eigenvalue weighted by Gasteiger charge is 2.16. The van der Waals surface area contributed by atoms with Crippen molar-refractivity contribution in [2.45, 2.75) is 252 Å². The molecule has 0 fully saturated rings. The van der Waals surface area contributed by atoms with Gasteiger partial charge in [-0.25, -0.2) is 15.0 Å². The largest absolute Gasteiger partial charge is 0.338 e. The summed E-state index contributed by atoms with van der Waals surface area (Å²) in [5.41, 5.74) is 5.34. The van der Waals surface area contributed by atoms with Crippen molar-refractivity contribution in [1.29, 1.82) is 0 Å². The van der Waals surface area contributed by atoms with Crippen molar-refractivity contribution in [3.63, 3.8) is 0 Å². The van der Waals surface area contributed by atoms with Crippen LogP contribution in [0.5, 0.6) is 0 Å². The van der Waals surface area contributed by atoms with Crippen molar-refractivity contribution in [2.75, 3.05) is 13.1 Å². The summed E-state index contributed by atoms with van der Waals surface area (Å²) in [5.74, 6) is 9.58. The van der Waals surface area contributed by atoms with Crippen LogP contribution in [0.25, 0.3) is 0 Å². The zero-order valence-corrected chi connectivity index (χ0v) is 68.5. The van der Waals surface area contributed by atoms with Crippen LogP contribution in [0.4, 0.5) is 17.6 Å². The van der Waals surface area contributed by atoms with Crippen LogP contribution >= 0.6 is 0 Å². The van der Waals surface area contributed by atoms with Gasteiger partial charge in [0.25, 0.3) is 0 Å². The van der Waals surface area contributed by atoms with E-state index in [-0.39, 0.29) is 28.5 Å². The zero-order valence-electron chi connectivity index (χ0n) is 68.5. The number of rotatable bonds is 1. The molecular weight excluding hydrogens is 1270 g/mol. The van der Waals surface area contributed by atoms with Crippen LogP contribution in [0.2, 0.25) is 0 Å². The Bertz CT molecular complexity index is 3220. The molecule has 15 nitrogen and oxygen atoms in total. The van der Waals surface area contributed by atoms with Crippen LogP contribution in [0.15, 0.2) is 138 Å². The lowest BCUT2D eigenvalue weighted by atomic mass is 10.0. The zero-order chi connectivity index (χ0) is 80.3. The van der Waals surface area contributed by atoms with E-state index in [0.29, 0.717) is 62.8 Å². The van der Waals surface area contributed by atoms with Crippen LogP contribution in [0.1, 0.15) is 258 Å². The molecule has 564 valence electrons. The van der Waals surface area contributed by atoms with Crippen LogP contribution in [-0.2, 0) is 16.6 Å². The predicted molar refractivity (Wildman–Crippen MR) is 426 cm³/mol. The minimum absolute atomic E-state index is 0.0229. The molecule has 0 radical (unpaired) electrons. The van der Waals surface area contributed by atoms with Crippen molar-refractivity contribution in [3.8, 4) is 49.4 Å². The maximum absolute atomic E-state index is 12.3. The van der Waals surface area contributed by atoms with Gasteiger partial charge in [0.05, 0.1) is 36.1 Å². The fourth-order valence-corrected chi connectivity index (χ4v) is 4.52. The Morgan fingerprint density at radius 2 is 0.931 bits per heavy atom. The van der Waals surface area contributed by atoms with E-state index in [4.69, 9.17) is 25.7 Å². The first kappa shape index (κ1) is 103. The molecule has 9 rings (SSSR count). The maximum atomic E-state index is 12.3. The van der Waals surface area contributed by atoms with Gasteiger partial charge < -0.3 is 9.55 Å². The molecule has 0 aliphatic carbocycles. The predicted octanol–water partition coefficient (Wildman–Crippen LogP) is 22.0. The molecule has 3 N–H and O–H groups in total. The third kappa shape index (κ3) is 91.2. The summed E-state index contributed by atoms with van der Waals surface area (Å²) >= 11 is 0. The number of hydrogen-bond acceptors (Lipinski definition) is 9. The molecule has 0 aromatic carbocycles. The molecule has 6 aromatic rings. The molecule has 3 aliphatic rings. The summed E-state index contributed by atoms with van der Waals surface area (Å²) in [4.78, 5) is 21.2. The summed E-state index contributed by atoms with van der Waals surface area (Å²) in [6.07, 6.45) is 46.1. The maximum Gasteiger partial charge on any atom is 0.232 e. The highest BCUT2D eigenvalue weighted by Crippen LogP contribution is 2.16. The quantitative estimate of drug-likeness (QED) is 0.109. The molecule has 9 heterocycles. The van der Waals surface area contributed by atoms with Crippen molar-refractivity contribution >= 4 is 17.6 Å². The van der Waals surface area contributed by atoms with E-state index in [1.54, 1.807) is 60.0 Å². The fourth-order valence-electron chi connectivity index (χ4n) is 4.52. The smallest absolute Gasteiger partial charge is 0.232 e. The number of aliphatic imine (C=N–C) groups is 3. The average Bonchev–Trinajstić information content (AvgIpc) is 1.33. The Morgan fingerprint density at radius 1 is 0.475 bits per heavy atom. The number of imidazole rings is 2. The number of aromatic nitrogens is 12. The second-order valence-corrected chi connectivity index (χ2v) is 34.8. The highest BCUT2D eigenvalue weighted by atomic mass is 19.1. The lowest BCUT2D eigenvalue weighted by Crippen LogP contribution is -2.22. The van der Waals surface area contributed by atoms with Gasteiger partial charge in [-0.05, 0) is 143 Å². The summed E-state index contributed by atoms with van der Waals surface area (Å²) < 4.78 is 52.5. The topological polar surface area (TPSA) is 177 Å². The molecular formula is C82H133F4N15. The lowest BCUT2D eigenvalue weighted by Gasteiger charge is -2.21. The van der Waals surface area contributed by atoms with Crippen LogP contribution in [0, 0.1) is 93.8 Å². The fraction of sp³-hybridized carbons (Fsp3) is 0.549. The number of H-pyrrole nitrogens is 3. The van der Waals surface area contributed by atoms with Crippen LogP contribution < -0.4 is 0 Å². The number of nitrogens with one attached hydrogen (secondary N) is 3. The Hall–Kier alpha value is -8.81. The Kier molecular flexibility index (Phi) is 53.3. The number of aromatic amines is 3. The van der Waals surface area contributed by atoms with Crippen molar-refractivity contribution in [2.24, 2.45) is 47.5 Å². The molecule has 0 spiro atoms. The molecule has 0 saturated carbocycles. The van der Waals surface area contributed by atoms with Gasteiger partial charge >= 0.3 is 0 Å². The van der Waals surface area contributed by atoms with E-state index in [2.05, 4.69) is 298 Å². The second-order valence-electron chi connectivity index (χ2n) is 34.8. The Balaban J connectivity index is -0.000000242. The first-order valence-corrected chi connectivity index (χ1v) is 33.5. The van der Waals surface area contributed by atoms with Gasteiger partial charge in [-0.15, -0.1) is 30.8 Å². The third-order valence-corrected chi connectivity index (χ3v) is 8.01. The monoisotopic (exact) mass is 1400 g/mol. The van der Waals surface area contributed by atoms with Crippen molar-refractivity contribution < 1.29 is 17.6 Å². The number of halogens is 4. The number of nitrogens with zero attached hydrogens (tertiary/aromatic N) is 12. The molecule has 0 amide bonds. The van der Waals surface area contributed by atoms with Gasteiger partial charge in [0, 0.05) is 73.7 Å². The molecule has 0 saturated heterocycles. The van der Waals surface area contributed by atoms with Crippen LogP contribution in [0.3, 0.4) is 0 Å². The summed E-state index contributed by atoms with van der Waals surface area (Å²) in [6, 6.07) is 6.18. The minimum atomic E-state index is -0.421. The van der Waals surface area contributed by atoms with E-state index < -0.39 is 11.9 Å². The van der Waals surface area contributed by atoms with Gasteiger partial charge in [-0.1, -0.05) is 197 Å². The van der Waals surface area contributed by atoms with E-state index in [0.717, 1.165) is 18.0 Å². The van der Waals surface area contributed by atoms with Crippen LogP contribution in [-0.4, -0.2) is 90.2 Å². The molecule has 0 unspecified atom stereocenters. The molecule has 0 atom stereocenters. The summed E-state index contributed by atoms with van der Waals surface area (Å²) in [6.45, 7) is 75.9. The molecule has 0 bridgehead atoms. The Morgan fingerprint density at radius 3 is 1.11 bits per heavy atom. The number of allylic oxidation sites excluding steroid dienone is 4. The van der Waals surface area contributed by atoms with E-state index in [1.807, 2.05) is 60.6 Å². The standard InChI is InChI=1S/2C9H12N2.C7H11FN2.C6H7N.2C5H4N2.6C5H12.2C4H4FN.C3H3FN2/c1-5-8-10-6-7-11(8)9(2,3)4;1-5-8-6-7-11(10-8)9(2,3)4;1-7(2,3)10-5-4-6(8)9-10;1-2-6-4-3-5-7-6;1-2-5-6-3-4-7-5;1-2-5-3-4-6-7-5;6*1-5(2,3)4;2*5-4-2-1-3-6-4;4-3-1-2-5-6-3/h2*1,6-7H,2-4H3;4-5H,1-3H3;2-4H,1,5H2;2*1,3-4H,(H,6,7);6*1-4H3;1,3H,2H2;1-2H,3H2;1-2H,(H,5,6). The van der Waals surface area contributed by atoms with Gasteiger partial charge in [-0.3, -0.25) is 29.5 Å². The summed E-state index contributed by atoms with van der Waals surface area (Å²) in [5, 5.41) is 19.4. The van der Waals surface area contributed by atoms with Crippen molar-refractivity contribution in [1.82, 2.24) is 59.5 Å². The molecule has 19 heteroatoms. The van der Waals surface area contributed by atoms with Gasteiger partial charge in [0.2, 0.25) is 17.9 Å². The third-order valence-electron chi connectivity index (χ3n) is 8.01. The van der Waals surface area contributed by atoms with Gasteiger partial charge in [0.15, 0.2) is 17.6 Å². The second kappa shape index (κ2) is 52.2. The van der Waals surface area contributed by atoms with E-state index >= 15 is 0 Å². The molecule has 3 aliphatic heterocycles. The van der Waals surface area contributed by atoms with Gasteiger partial charge in [-0.2, -0.15) is 32.9 Å². The SMILES string of the molecule is C#Cc1ccn(C(C)(C)C)n1.C#Cc1ccn[nH]1.C#Cc1ncc[nH]1.C#Cc1nccn1C(C)(C)C.C=CC1=NCC=C1.CC(C)(C)C.CC(C)(C)C.CC(C)(C)C.CC(C)(C)C.CC(C)(C)C.CC(C)(C)C.CC(C)(C)n1ccc(F)n1.FC1=NC=CC1.FC1=NCC=C1.Fc1ccn[nH]1. The van der Waals surface area contributed by atoms with Crippen molar-refractivity contribution in [3.05, 3.63) is 158 Å². The number of terminal acetylenes is 4. The Labute approximate surface area is 611 Å². The summed E-state index contributed by atoms with van der Waals surface area (Å²) in [7, 11) is 0. The van der Waals surface area contributed by atoms with Gasteiger partial charge in [0.1, 0.15) is 11.4 Å². The lowest BCUT2D eigenvalue weighted by molar-refractivity contribution is 0.342. The first-order chi connectivity index (χ1) is 45.6. The first-order valence-electron chi connectivity index (χ1n) is 33.5. The molecule has 101 heavy (non-hydrogen) atoms.